The van der Waals surface area contributed by atoms with Crippen molar-refractivity contribution in [3.05, 3.63) is 26.9 Å². The van der Waals surface area contributed by atoms with Crippen LogP contribution in [0, 0.1) is 24.0 Å². The van der Waals surface area contributed by atoms with Crippen LogP contribution in [0.3, 0.4) is 0 Å². The molecule has 9 nitrogen and oxygen atoms in total. The number of ether oxygens (including phenoxy) is 1. The lowest BCUT2D eigenvalue weighted by atomic mass is 10.4. The summed E-state index contributed by atoms with van der Waals surface area (Å²) in [6.45, 7) is 3.59. The zero-order valence-corrected chi connectivity index (χ0v) is 12.4. The van der Waals surface area contributed by atoms with Gasteiger partial charge in [-0.2, -0.15) is 0 Å². The van der Waals surface area contributed by atoms with Crippen molar-refractivity contribution in [1.29, 1.82) is 0 Å². The third kappa shape index (κ3) is 3.34. The van der Waals surface area contributed by atoms with E-state index in [-0.39, 0.29) is 24.0 Å². The first-order chi connectivity index (χ1) is 9.90. The zero-order chi connectivity index (χ0) is 15.6. The summed E-state index contributed by atoms with van der Waals surface area (Å²) in [5, 5.41) is 17.7. The van der Waals surface area contributed by atoms with E-state index in [0.717, 1.165) is 21.4 Å². The van der Waals surface area contributed by atoms with Gasteiger partial charge in [-0.1, -0.05) is 0 Å². The average Bonchev–Trinajstić information content (AvgIpc) is 2.93. The lowest BCUT2D eigenvalue weighted by Crippen LogP contribution is -2.19. The maximum atomic E-state index is 11.9. The van der Waals surface area contributed by atoms with E-state index < -0.39 is 4.92 Å². The number of nitro groups is 1. The van der Waals surface area contributed by atoms with Gasteiger partial charge >= 0.3 is 11.6 Å². The van der Waals surface area contributed by atoms with Gasteiger partial charge in [-0.05, 0) is 13.8 Å². The SMILES string of the molecule is COc1nn(CC(=O)Nc2nc(C)c(C)s2)cc1[N+](=O)[O-]. The predicted molar refractivity (Wildman–Crippen MR) is 75.7 cm³/mol. The number of hydrogen-bond acceptors (Lipinski definition) is 7. The summed E-state index contributed by atoms with van der Waals surface area (Å²) in [6.07, 6.45) is 1.15. The van der Waals surface area contributed by atoms with E-state index in [0.29, 0.717) is 5.13 Å². The van der Waals surface area contributed by atoms with Crippen LogP contribution in [0.15, 0.2) is 6.20 Å². The molecule has 0 saturated heterocycles. The predicted octanol–water partition coefficient (Wildman–Crippen LogP) is 1.51. The Morgan fingerprint density at radius 3 is 2.76 bits per heavy atom. The van der Waals surface area contributed by atoms with Gasteiger partial charge in [0.1, 0.15) is 12.7 Å². The molecule has 0 unspecified atom stereocenters. The highest BCUT2D eigenvalue weighted by molar-refractivity contribution is 7.15. The van der Waals surface area contributed by atoms with Gasteiger partial charge < -0.3 is 10.1 Å². The van der Waals surface area contributed by atoms with E-state index in [1.807, 2.05) is 13.8 Å². The number of methoxy groups -OCH3 is 1. The number of nitrogens with one attached hydrogen (secondary N) is 1. The summed E-state index contributed by atoms with van der Waals surface area (Å²) in [4.78, 5) is 27.2. The number of amides is 1. The summed E-state index contributed by atoms with van der Waals surface area (Å²) in [5.41, 5.74) is 0.568. The van der Waals surface area contributed by atoms with E-state index in [9.17, 15) is 14.9 Å². The fourth-order valence-corrected chi connectivity index (χ4v) is 2.41. The van der Waals surface area contributed by atoms with Gasteiger partial charge in [0, 0.05) is 4.88 Å². The minimum Gasteiger partial charge on any atom is -0.475 e. The van der Waals surface area contributed by atoms with Gasteiger partial charge in [0.25, 0.3) is 0 Å². The molecule has 0 radical (unpaired) electrons. The number of carbonyl (C=O) groups excluding carboxylic acids is 1. The molecule has 0 fully saturated rings. The number of nitrogens with zero attached hydrogens (tertiary/aromatic N) is 4. The molecule has 1 N–H and O–H groups in total. The molecule has 112 valence electrons. The topological polar surface area (TPSA) is 112 Å². The number of hydrogen-bond donors (Lipinski definition) is 1. The maximum Gasteiger partial charge on any atom is 0.350 e. The fraction of sp³-hybridized carbons (Fsp3) is 0.364. The van der Waals surface area contributed by atoms with Gasteiger partial charge in [0.05, 0.1) is 17.7 Å². The van der Waals surface area contributed by atoms with Crippen LogP contribution in [0.5, 0.6) is 5.88 Å². The minimum atomic E-state index is -0.617. The third-order valence-electron chi connectivity index (χ3n) is 2.68. The van der Waals surface area contributed by atoms with Crippen molar-refractivity contribution in [2.75, 3.05) is 12.4 Å². The molecule has 2 heterocycles. The van der Waals surface area contributed by atoms with Gasteiger partial charge in [-0.3, -0.25) is 19.6 Å². The van der Waals surface area contributed by atoms with Crippen molar-refractivity contribution in [2.24, 2.45) is 0 Å². The maximum absolute atomic E-state index is 11.9. The first-order valence-corrected chi connectivity index (χ1v) is 6.72. The summed E-state index contributed by atoms with van der Waals surface area (Å²) < 4.78 is 5.94. The molecule has 0 aliphatic carbocycles. The standard InChI is InChI=1S/C11H13N5O4S/c1-6-7(2)21-11(12-6)13-9(17)5-15-4-8(16(18)19)10(14-15)20-3/h4H,5H2,1-3H3,(H,12,13,17). The summed E-state index contributed by atoms with van der Waals surface area (Å²) >= 11 is 1.37. The second-order valence-corrected chi connectivity index (χ2v) is 5.39. The molecule has 0 aliphatic heterocycles. The Morgan fingerprint density at radius 1 is 1.57 bits per heavy atom. The van der Waals surface area contributed by atoms with Crippen LogP contribution in [0.4, 0.5) is 10.8 Å². The highest BCUT2D eigenvalue weighted by Crippen LogP contribution is 2.24. The normalized spacial score (nSPS) is 10.4. The molecule has 2 rings (SSSR count). The summed E-state index contributed by atoms with van der Waals surface area (Å²) in [6, 6.07) is 0. The van der Waals surface area contributed by atoms with E-state index in [1.54, 1.807) is 0 Å². The van der Waals surface area contributed by atoms with E-state index in [2.05, 4.69) is 15.4 Å². The Hall–Kier alpha value is -2.49. The van der Waals surface area contributed by atoms with Crippen LogP contribution in [0.1, 0.15) is 10.6 Å². The molecule has 2 aromatic rings. The average molecular weight is 311 g/mol. The first kappa shape index (κ1) is 14.9. The zero-order valence-electron chi connectivity index (χ0n) is 11.6. The smallest absolute Gasteiger partial charge is 0.350 e. The van der Waals surface area contributed by atoms with Gasteiger partial charge in [-0.15, -0.1) is 16.4 Å². The van der Waals surface area contributed by atoms with Crippen LogP contribution in [-0.2, 0) is 11.3 Å². The fourth-order valence-electron chi connectivity index (χ4n) is 1.58. The third-order valence-corrected chi connectivity index (χ3v) is 3.67. The molecule has 0 spiro atoms. The monoisotopic (exact) mass is 311 g/mol. The second-order valence-electron chi connectivity index (χ2n) is 4.19. The number of carbonyl (C=O) groups is 1. The van der Waals surface area contributed by atoms with Gasteiger partial charge in [-0.25, -0.2) is 4.98 Å². The quantitative estimate of drug-likeness (QED) is 0.661. The van der Waals surface area contributed by atoms with E-state index >= 15 is 0 Å². The Morgan fingerprint density at radius 2 is 2.29 bits per heavy atom. The van der Waals surface area contributed by atoms with Crippen molar-refractivity contribution in [2.45, 2.75) is 20.4 Å². The highest BCUT2D eigenvalue weighted by atomic mass is 32.1. The number of anilines is 1. The summed E-state index contributed by atoms with van der Waals surface area (Å²) in [5.74, 6) is -0.502. The molecule has 0 atom stereocenters. The molecular weight excluding hydrogens is 298 g/mol. The number of rotatable bonds is 5. The summed E-state index contributed by atoms with van der Waals surface area (Å²) in [7, 11) is 1.28. The van der Waals surface area contributed by atoms with Crippen molar-refractivity contribution >= 4 is 28.1 Å². The van der Waals surface area contributed by atoms with Crippen LogP contribution < -0.4 is 10.1 Å². The molecule has 10 heteroatoms. The van der Waals surface area contributed by atoms with Gasteiger partial charge in [0.15, 0.2) is 5.13 Å². The van der Waals surface area contributed by atoms with Crippen molar-refractivity contribution < 1.29 is 14.5 Å². The molecule has 0 bridgehead atoms. The Balaban J connectivity index is 2.07. The van der Waals surface area contributed by atoms with E-state index in [4.69, 9.17) is 4.74 Å². The number of thiazole rings is 1. The van der Waals surface area contributed by atoms with Crippen LogP contribution in [0.2, 0.25) is 0 Å². The molecule has 0 aromatic carbocycles. The largest absolute Gasteiger partial charge is 0.475 e. The Bertz CT molecular complexity index is 673. The molecule has 0 saturated carbocycles. The van der Waals surface area contributed by atoms with Crippen molar-refractivity contribution in [3.63, 3.8) is 0 Å². The highest BCUT2D eigenvalue weighted by Gasteiger charge is 2.21. The van der Waals surface area contributed by atoms with Crippen LogP contribution in [0.25, 0.3) is 0 Å². The molecule has 0 aliphatic rings. The van der Waals surface area contributed by atoms with Crippen LogP contribution >= 0.6 is 11.3 Å². The first-order valence-electron chi connectivity index (χ1n) is 5.90. The molecular formula is C11H13N5O4S. The van der Waals surface area contributed by atoms with Crippen LogP contribution in [-0.4, -0.2) is 32.7 Å². The minimum absolute atomic E-state index is 0.131. The van der Waals surface area contributed by atoms with E-state index in [1.165, 1.54) is 18.4 Å². The van der Waals surface area contributed by atoms with Gasteiger partial charge in [0.2, 0.25) is 5.91 Å². The molecule has 1 amide bonds. The number of aromatic nitrogens is 3. The van der Waals surface area contributed by atoms with Crippen molar-refractivity contribution in [1.82, 2.24) is 14.8 Å². The number of aryl methyl sites for hydroxylation is 2. The molecule has 2 aromatic heterocycles. The molecule has 21 heavy (non-hydrogen) atoms. The Kier molecular flexibility index (Phi) is 4.17. The second kappa shape index (κ2) is 5.87. The Labute approximate surface area is 123 Å². The lowest BCUT2D eigenvalue weighted by molar-refractivity contribution is -0.385. The lowest BCUT2D eigenvalue weighted by Gasteiger charge is -2.01. The van der Waals surface area contributed by atoms with Crippen molar-refractivity contribution in [3.8, 4) is 5.88 Å².